The fourth-order valence-electron chi connectivity index (χ4n) is 4.51. The molecule has 0 aliphatic carbocycles. The van der Waals surface area contributed by atoms with Crippen molar-refractivity contribution in [3.05, 3.63) is 29.8 Å². The van der Waals surface area contributed by atoms with Gasteiger partial charge in [-0.15, -0.1) is 0 Å². The zero-order valence-electron chi connectivity index (χ0n) is 21.6. The summed E-state index contributed by atoms with van der Waals surface area (Å²) in [7, 11) is 3.31. The first kappa shape index (κ1) is 27.3. The van der Waals surface area contributed by atoms with Crippen LogP contribution in [-0.2, 0) is 9.53 Å². The molecular formula is C26H43N3O4. The highest BCUT2D eigenvalue weighted by atomic mass is 16.5. The van der Waals surface area contributed by atoms with Crippen molar-refractivity contribution in [2.24, 2.45) is 5.41 Å². The second-order valence-electron chi connectivity index (χ2n) is 10.5. The Morgan fingerprint density at radius 2 is 1.61 bits per heavy atom. The SMILES string of the molecule is COCC(C)(CNC(=O)CC(C)(C)CC(=O)c1ccc(OC)cc1)N1CCN(C(C)C)CC1. The van der Waals surface area contributed by atoms with E-state index in [9.17, 15) is 9.59 Å². The van der Waals surface area contributed by atoms with E-state index in [1.165, 1.54) is 0 Å². The first-order chi connectivity index (χ1) is 15.5. The number of nitrogens with zero attached hydrogens (tertiary/aromatic N) is 2. The molecule has 0 saturated carbocycles. The summed E-state index contributed by atoms with van der Waals surface area (Å²) < 4.78 is 10.7. The smallest absolute Gasteiger partial charge is 0.220 e. The van der Waals surface area contributed by atoms with Crippen molar-refractivity contribution in [3.8, 4) is 5.75 Å². The van der Waals surface area contributed by atoms with Crippen molar-refractivity contribution < 1.29 is 19.1 Å². The summed E-state index contributed by atoms with van der Waals surface area (Å²) in [4.78, 5) is 30.5. The lowest BCUT2D eigenvalue weighted by Crippen LogP contribution is -2.62. The molecule has 1 fully saturated rings. The Kier molecular flexibility index (Phi) is 9.88. The molecule has 1 saturated heterocycles. The van der Waals surface area contributed by atoms with Crippen LogP contribution in [0.15, 0.2) is 24.3 Å². The molecule has 1 heterocycles. The normalized spacial score (nSPS) is 17.6. The zero-order chi connectivity index (χ0) is 24.6. The number of amides is 1. The van der Waals surface area contributed by atoms with E-state index in [1.54, 1.807) is 38.5 Å². The van der Waals surface area contributed by atoms with Gasteiger partial charge in [0.1, 0.15) is 5.75 Å². The molecule has 1 aromatic carbocycles. The molecule has 0 aromatic heterocycles. The Labute approximate surface area is 199 Å². The molecule has 1 unspecified atom stereocenters. The summed E-state index contributed by atoms with van der Waals surface area (Å²) in [6.45, 7) is 15.6. The number of ether oxygens (including phenoxy) is 2. The molecule has 1 aliphatic rings. The molecule has 186 valence electrons. The minimum absolute atomic E-state index is 0.0303. The van der Waals surface area contributed by atoms with Gasteiger partial charge in [-0.3, -0.25) is 19.4 Å². The fraction of sp³-hybridized carbons (Fsp3) is 0.692. The van der Waals surface area contributed by atoms with Gasteiger partial charge >= 0.3 is 0 Å². The molecule has 0 bridgehead atoms. The molecule has 1 aromatic rings. The third kappa shape index (κ3) is 8.09. The maximum atomic E-state index is 12.8. The highest BCUT2D eigenvalue weighted by molar-refractivity contribution is 5.96. The summed E-state index contributed by atoms with van der Waals surface area (Å²) in [5, 5.41) is 3.12. The maximum absolute atomic E-state index is 12.8. The summed E-state index contributed by atoms with van der Waals surface area (Å²) in [5.74, 6) is 0.711. The highest BCUT2D eigenvalue weighted by Gasteiger charge is 2.35. The summed E-state index contributed by atoms with van der Waals surface area (Å²) >= 11 is 0. The lowest BCUT2D eigenvalue weighted by molar-refractivity contribution is -0.124. The summed E-state index contributed by atoms with van der Waals surface area (Å²) in [6, 6.07) is 7.65. The third-order valence-corrected chi connectivity index (χ3v) is 6.62. The lowest BCUT2D eigenvalue weighted by Gasteiger charge is -2.46. The van der Waals surface area contributed by atoms with Crippen molar-refractivity contribution in [1.82, 2.24) is 15.1 Å². The summed E-state index contributed by atoms with van der Waals surface area (Å²) in [6.07, 6.45) is 0.596. The van der Waals surface area contributed by atoms with Gasteiger partial charge in [-0.05, 0) is 50.5 Å². The average Bonchev–Trinajstić information content (AvgIpc) is 2.77. The average molecular weight is 462 g/mol. The number of carbonyl (C=O) groups excluding carboxylic acids is 2. The molecule has 2 rings (SSSR count). The van der Waals surface area contributed by atoms with E-state index in [0.29, 0.717) is 37.6 Å². The van der Waals surface area contributed by atoms with Crippen LogP contribution in [0.3, 0.4) is 0 Å². The minimum Gasteiger partial charge on any atom is -0.497 e. The van der Waals surface area contributed by atoms with E-state index in [0.717, 1.165) is 31.9 Å². The number of hydrogen-bond acceptors (Lipinski definition) is 6. The van der Waals surface area contributed by atoms with Crippen LogP contribution < -0.4 is 10.1 Å². The molecule has 0 spiro atoms. The van der Waals surface area contributed by atoms with E-state index in [4.69, 9.17) is 9.47 Å². The second kappa shape index (κ2) is 12.0. The topological polar surface area (TPSA) is 71.1 Å². The molecule has 0 radical (unpaired) electrons. The van der Waals surface area contributed by atoms with Crippen molar-refractivity contribution in [3.63, 3.8) is 0 Å². The maximum Gasteiger partial charge on any atom is 0.220 e. The summed E-state index contributed by atoms with van der Waals surface area (Å²) in [5.41, 5.74) is -0.0736. The lowest BCUT2D eigenvalue weighted by atomic mass is 9.82. The van der Waals surface area contributed by atoms with Gasteiger partial charge in [-0.1, -0.05) is 13.8 Å². The molecule has 7 nitrogen and oxygen atoms in total. The number of ketones is 1. The number of benzene rings is 1. The van der Waals surface area contributed by atoms with Gasteiger partial charge in [0.15, 0.2) is 5.78 Å². The van der Waals surface area contributed by atoms with E-state index in [1.807, 2.05) is 13.8 Å². The van der Waals surface area contributed by atoms with Crippen LogP contribution in [0.5, 0.6) is 5.75 Å². The van der Waals surface area contributed by atoms with Gasteiger partial charge in [-0.25, -0.2) is 0 Å². The molecule has 1 amide bonds. The largest absolute Gasteiger partial charge is 0.497 e. The first-order valence-corrected chi connectivity index (χ1v) is 11.9. The Morgan fingerprint density at radius 3 is 2.12 bits per heavy atom. The second-order valence-corrected chi connectivity index (χ2v) is 10.5. The van der Waals surface area contributed by atoms with Gasteiger partial charge in [0.05, 0.1) is 19.3 Å². The number of Topliss-reactive ketones (excluding diaryl/α,β-unsaturated/α-hetero) is 1. The van der Waals surface area contributed by atoms with Gasteiger partial charge < -0.3 is 14.8 Å². The van der Waals surface area contributed by atoms with Crippen LogP contribution >= 0.6 is 0 Å². The molecule has 1 aliphatic heterocycles. The van der Waals surface area contributed by atoms with Crippen molar-refractivity contribution in [2.75, 3.05) is 53.6 Å². The number of rotatable bonds is 12. The van der Waals surface area contributed by atoms with E-state index < -0.39 is 5.41 Å². The van der Waals surface area contributed by atoms with Crippen molar-refractivity contribution in [2.45, 2.75) is 59.0 Å². The van der Waals surface area contributed by atoms with E-state index in [2.05, 4.69) is 35.9 Å². The van der Waals surface area contributed by atoms with Crippen LogP contribution in [0.1, 0.15) is 57.8 Å². The number of carbonyl (C=O) groups is 2. The number of methoxy groups -OCH3 is 2. The standard InChI is InChI=1S/C26H43N3O4/c1-20(2)28-12-14-29(15-13-28)26(5,19-32-6)18-27-24(31)17-25(3,4)16-23(30)21-8-10-22(33-7)11-9-21/h8-11,20H,12-19H2,1-7H3,(H,27,31). The van der Waals surface area contributed by atoms with Crippen molar-refractivity contribution in [1.29, 1.82) is 0 Å². The molecule has 1 atom stereocenters. The van der Waals surface area contributed by atoms with Crippen LogP contribution in [0, 0.1) is 5.41 Å². The quantitative estimate of drug-likeness (QED) is 0.482. The van der Waals surface area contributed by atoms with Crippen LogP contribution in [0.2, 0.25) is 0 Å². The predicted molar refractivity (Wildman–Crippen MR) is 132 cm³/mol. The fourth-order valence-corrected chi connectivity index (χ4v) is 4.51. The zero-order valence-corrected chi connectivity index (χ0v) is 21.6. The highest BCUT2D eigenvalue weighted by Crippen LogP contribution is 2.28. The van der Waals surface area contributed by atoms with Gasteiger partial charge in [0.2, 0.25) is 5.91 Å². The Bertz CT molecular complexity index is 770. The third-order valence-electron chi connectivity index (χ3n) is 6.62. The Hall–Kier alpha value is -1.96. The van der Waals surface area contributed by atoms with Crippen LogP contribution in [0.4, 0.5) is 0 Å². The van der Waals surface area contributed by atoms with Gasteiger partial charge in [0.25, 0.3) is 0 Å². The van der Waals surface area contributed by atoms with Gasteiger partial charge in [0, 0.05) is 64.3 Å². The molecular weight excluding hydrogens is 418 g/mol. The first-order valence-electron chi connectivity index (χ1n) is 11.9. The molecule has 1 N–H and O–H groups in total. The molecule has 33 heavy (non-hydrogen) atoms. The Balaban J connectivity index is 1.90. The predicted octanol–water partition coefficient (Wildman–Crippen LogP) is 3.23. The van der Waals surface area contributed by atoms with Crippen LogP contribution in [0.25, 0.3) is 0 Å². The Morgan fingerprint density at radius 1 is 1.00 bits per heavy atom. The minimum atomic E-state index is -0.443. The monoisotopic (exact) mass is 461 g/mol. The number of nitrogens with one attached hydrogen (secondary N) is 1. The van der Waals surface area contributed by atoms with Gasteiger partial charge in [-0.2, -0.15) is 0 Å². The van der Waals surface area contributed by atoms with Crippen molar-refractivity contribution >= 4 is 11.7 Å². The van der Waals surface area contributed by atoms with E-state index in [-0.39, 0.29) is 17.2 Å². The van der Waals surface area contributed by atoms with E-state index >= 15 is 0 Å². The number of hydrogen-bond donors (Lipinski definition) is 1. The molecule has 7 heteroatoms. The number of piperazine rings is 1. The van der Waals surface area contributed by atoms with Crippen LogP contribution in [-0.4, -0.2) is 86.6 Å².